The van der Waals surface area contributed by atoms with Crippen molar-refractivity contribution in [1.82, 2.24) is 53.8 Å². The minimum absolute atomic E-state index is 0.429. The number of fused-ring (bicyclic) bond motifs is 4. The van der Waals surface area contributed by atoms with E-state index >= 15 is 0 Å². The maximum Gasteiger partial charge on any atom is 0.488 e. The van der Waals surface area contributed by atoms with Gasteiger partial charge in [-0.25, -0.2) is 24.6 Å². The lowest BCUT2D eigenvalue weighted by atomic mass is 9.76. The van der Waals surface area contributed by atoms with Crippen LogP contribution in [-0.4, -0.2) is 127 Å². The van der Waals surface area contributed by atoms with Crippen LogP contribution in [0, 0.1) is 0 Å². The summed E-state index contributed by atoms with van der Waals surface area (Å²) < 4.78 is 3.62. The number of aryl methyl sites for hydroxylation is 2. The summed E-state index contributed by atoms with van der Waals surface area (Å²) in [5.74, 6) is 2.66. The maximum absolute atomic E-state index is 9.79. The monoisotopic (exact) mass is 1140 g/mol. The number of anilines is 1. The number of aromatic amines is 2. The Labute approximate surface area is 496 Å². The Bertz CT molecular complexity index is 3730. The summed E-state index contributed by atoms with van der Waals surface area (Å²) in [5.41, 5.74) is 16.8. The summed E-state index contributed by atoms with van der Waals surface area (Å²) in [5, 5.41) is 52.6. The molecule has 22 heteroatoms. The van der Waals surface area contributed by atoms with Crippen LogP contribution in [0.2, 0.25) is 20.5 Å². The number of benzene rings is 5. The van der Waals surface area contributed by atoms with E-state index in [1.54, 1.807) is 79.4 Å². The van der Waals surface area contributed by atoms with Crippen molar-refractivity contribution in [1.29, 1.82) is 0 Å². The van der Waals surface area contributed by atoms with Crippen LogP contribution in [0.5, 0.6) is 0 Å². The van der Waals surface area contributed by atoms with E-state index in [0.29, 0.717) is 12.0 Å². The van der Waals surface area contributed by atoms with Crippen LogP contribution in [0.3, 0.4) is 0 Å². The highest BCUT2D eigenvalue weighted by atomic mass is 32.1. The zero-order chi connectivity index (χ0) is 58.1. The number of imidazole rings is 3. The van der Waals surface area contributed by atoms with Crippen molar-refractivity contribution >= 4 is 50.2 Å². The van der Waals surface area contributed by atoms with Gasteiger partial charge in [-0.3, -0.25) is 0 Å². The van der Waals surface area contributed by atoms with Gasteiger partial charge in [0, 0.05) is 110 Å². The molecule has 0 atom stereocenters. The summed E-state index contributed by atoms with van der Waals surface area (Å²) in [7, 11) is -2.92. The first-order valence-electron chi connectivity index (χ1n) is 29.1. The van der Waals surface area contributed by atoms with Gasteiger partial charge in [0.15, 0.2) is 5.13 Å². The number of H-pyrrole nitrogens is 2. The van der Waals surface area contributed by atoms with Crippen LogP contribution >= 0.6 is 11.3 Å². The molecule has 14 rings (SSSR count). The Morgan fingerprint density at radius 2 is 1.10 bits per heavy atom. The molecule has 0 amide bonds. The number of aromatic nitrogens is 9. The van der Waals surface area contributed by atoms with E-state index in [2.05, 4.69) is 114 Å². The molecule has 0 saturated carbocycles. The van der Waals surface area contributed by atoms with Crippen molar-refractivity contribution < 1.29 is 25.1 Å². The Balaban J connectivity index is 0.000000123. The number of nitrogens with zero attached hydrogens (tertiary/aromatic N) is 10. The van der Waals surface area contributed by atoms with Crippen LogP contribution < -0.4 is 10.4 Å². The number of thiazole rings is 1. The lowest BCUT2D eigenvalue weighted by molar-refractivity contribution is 0.347. The highest BCUT2D eigenvalue weighted by Gasteiger charge is 2.26. The van der Waals surface area contributed by atoms with Gasteiger partial charge in [-0.05, 0) is 170 Å². The fourth-order valence-corrected chi connectivity index (χ4v) is 12.4. The molecule has 0 radical (unpaired) electrons. The van der Waals surface area contributed by atoms with E-state index in [9.17, 15) is 15.1 Å². The van der Waals surface area contributed by atoms with E-state index in [0.717, 1.165) is 103 Å². The normalized spacial score (nSPS) is 14.5. The topological polar surface area (TPSA) is 217 Å². The molecular formula is C62H70B4N12O5S. The highest BCUT2D eigenvalue weighted by Crippen LogP contribution is 2.32. The van der Waals surface area contributed by atoms with E-state index in [1.807, 2.05) is 51.2 Å². The third-order valence-electron chi connectivity index (χ3n) is 16.2. The molecule has 0 fully saturated rings. The molecule has 1 aliphatic carbocycles. The zero-order valence-corrected chi connectivity index (χ0v) is 48.7. The molecule has 0 saturated heterocycles. The number of hydrogen-bond acceptors (Lipinski definition) is 14. The number of nitrogens with one attached hydrogen (secondary N) is 2. The Kier molecular flexibility index (Phi) is 18.6. The molecule has 0 spiro atoms. The van der Waals surface area contributed by atoms with Crippen LogP contribution in [0.4, 0.5) is 5.13 Å². The second kappa shape index (κ2) is 26.9. The molecule has 10 aromatic rings. The minimum atomic E-state index is -1.42. The first-order valence-corrected chi connectivity index (χ1v) is 29.9. The van der Waals surface area contributed by atoms with Crippen LogP contribution in [-0.2, 0) is 58.2 Å². The maximum atomic E-state index is 9.79. The number of hydrogen-bond donors (Lipinski definition) is 7. The Morgan fingerprint density at radius 3 is 1.69 bits per heavy atom. The Hall–Kier alpha value is -7.65. The lowest BCUT2D eigenvalue weighted by Crippen LogP contribution is -2.41. The first-order chi connectivity index (χ1) is 40.9. The standard InChI is InChI=1S/C25H22N6S.C14H19B2N3O2.C13H14N2.C10H15B2NO3/c1-9-29-31(12-1)22-6-2-18(3-7-22)14-23-16-28-25(32-23)30-13-8-19-4-5-20(15-21(19)17-30)24-26-10-11-27-24;1-15(20)18-7-5-11-3-4-12(9-13(11)10-18)14-17-6-8-19(14)16(2)21;1-2-4-11-9-12(6-5-10(11)3-1)13-14-7-8-15-13;1-11(14)13-5-4-8-2-3-10(12(15)16)6-9(8)7-13/h1-7,9-12,15-16H,8,13-14,17H2,(H,26,27);3-4,6,8-9,20-21H,5,7,10H2,1-2H3;5-9H,1-4H2,(H,14,15);2-3,6,14-16H,4-5,7H2,1H3. The fraction of sp³-hybridized carbons (Fsp3) is 0.274. The largest absolute Gasteiger partial charge is 0.488 e. The van der Waals surface area contributed by atoms with Gasteiger partial charge >= 0.3 is 28.3 Å². The van der Waals surface area contributed by atoms with E-state index in [1.165, 1.54) is 80.6 Å². The molecule has 4 aliphatic rings. The number of rotatable bonds is 11. The smallest absolute Gasteiger partial charge is 0.437 e. The highest BCUT2D eigenvalue weighted by molar-refractivity contribution is 7.15. The molecule has 84 heavy (non-hydrogen) atoms. The predicted octanol–water partition coefficient (Wildman–Crippen LogP) is 7.64. The molecular weight excluding hydrogens is 1070 g/mol. The van der Waals surface area contributed by atoms with Crippen molar-refractivity contribution in [2.75, 3.05) is 24.5 Å². The van der Waals surface area contributed by atoms with Gasteiger partial charge in [-0.15, -0.1) is 11.3 Å². The van der Waals surface area contributed by atoms with Crippen molar-refractivity contribution in [3.05, 3.63) is 214 Å². The molecule has 0 bridgehead atoms. The summed E-state index contributed by atoms with van der Waals surface area (Å²) >= 11 is 1.79. The third-order valence-corrected chi connectivity index (χ3v) is 17.3. The first kappa shape index (κ1) is 58.1. The van der Waals surface area contributed by atoms with Crippen molar-refractivity contribution in [3.8, 4) is 39.9 Å². The van der Waals surface area contributed by atoms with Crippen molar-refractivity contribution in [2.24, 2.45) is 0 Å². The molecule has 0 unspecified atom stereocenters. The van der Waals surface area contributed by atoms with Gasteiger partial charge in [-0.2, -0.15) is 5.10 Å². The molecule has 426 valence electrons. The average Bonchev–Trinajstić information content (AvgIpc) is 4.22. The second-order valence-electron chi connectivity index (χ2n) is 22.0. The van der Waals surface area contributed by atoms with Crippen LogP contribution in [0.1, 0.15) is 67.8 Å². The van der Waals surface area contributed by atoms with Gasteiger partial charge < -0.3 is 54.1 Å². The molecule has 5 aromatic carbocycles. The quantitative estimate of drug-likeness (QED) is 0.0621. The van der Waals surface area contributed by atoms with Crippen LogP contribution in [0.25, 0.3) is 39.9 Å². The molecule has 8 heterocycles. The predicted molar refractivity (Wildman–Crippen MR) is 337 cm³/mol. The SMILES string of the molecule is CB(O)N1CCc2ccc(-c3nccn3B(C)O)cc2C1.CB(O)N1CCc2ccc(B(O)O)cc2C1.c1c[nH]c(-c2ccc3c(c2)CCCC3)n1.c1cnn(-c2ccc(Cc3cnc(N4CCc5ccc(-c6ncc[nH]6)cc5C4)s3)cc2)c1. The van der Waals surface area contributed by atoms with Gasteiger partial charge in [-0.1, -0.05) is 66.7 Å². The van der Waals surface area contributed by atoms with E-state index in [-0.39, 0.29) is 0 Å². The minimum Gasteiger partial charge on any atom is -0.437 e. The molecule has 17 nitrogen and oxygen atoms in total. The van der Waals surface area contributed by atoms with Gasteiger partial charge in [0.1, 0.15) is 17.5 Å². The molecule has 5 aromatic heterocycles. The summed E-state index contributed by atoms with van der Waals surface area (Å²) in [4.78, 5) is 31.8. The molecule has 7 N–H and O–H groups in total. The summed E-state index contributed by atoms with van der Waals surface area (Å²) in [6.45, 7) is 10.3. The second-order valence-corrected chi connectivity index (χ2v) is 23.1. The summed E-state index contributed by atoms with van der Waals surface area (Å²) in [6.07, 6.45) is 25.5. The third kappa shape index (κ3) is 14.1. The van der Waals surface area contributed by atoms with Gasteiger partial charge in [0.2, 0.25) is 0 Å². The lowest BCUT2D eigenvalue weighted by Gasteiger charge is -2.29. The van der Waals surface area contributed by atoms with E-state index < -0.39 is 28.3 Å². The van der Waals surface area contributed by atoms with E-state index in [4.69, 9.17) is 15.0 Å². The van der Waals surface area contributed by atoms with Gasteiger partial charge in [0.05, 0.1) is 5.69 Å². The van der Waals surface area contributed by atoms with Crippen LogP contribution in [0.15, 0.2) is 159 Å². The average molecular weight is 1140 g/mol. The van der Waals surface area contributed by atoms with Crippen molar-refractivity contribution in [3.63, 3.8) is 0 Å². The fourth-order valence-electron chi connectivity index (χ4n) is 11.5. The Morgan fingerprint density at radius 1 is 0.524 bits per heavy atom. The molecule has 3 aliphatic heterocycles. The zero-order valence-electron chi connectivity index (χ0n) is 47.8. The van der Waals surface area contributed by atoms with Crippen molar-refractivity contribution in [2.45, 2.75) is 91.5 Å². The van der Waals surface area contributed by atoms with Gasteiger partial charge in [0.25, 0.3) is 0 Å². The summed E-state index contributed by atoms with van der Waals surface area (Å²) in [6, 6.07) is 35.6.